The highest BCUT2D eigenvalue weighted by molar-refractivity contribution is 5.73. The molecule has 13 heavy (non-hydrogen) atoms. The van der Waals surface area contributed by atoms with Crippen LogP contribution in [-0.4, -0.2) is 62.2 Å². The topological polar surface area (TPSA) is 135 Å². The van der Waals surface area contributed by atoms with Crippen LogP contribution in [-0.2, 0) is 9.59 Å². The monoisotopic (exact) mass is 194 g/mol. The first-order chi connectivity index (χ1) is 5.91. The van der Waals surface area contributed by atoms with Gasteiger partial charge in [0.05, 0.1) is 0 Å². The molecule has 0 aliphatic carbocycles. The van der Waals surface area contributed by atoms with Crippen molar-refractivity contribution in [3.05, 3.63) is 0 Å². The van der Waals surface area contributed by atoms with E-state index in [0.717, 1.165) is 0 Å². The maximum Gasteiger partial charge on any atom is 0.335 e. The number of aliphatic hydroxyl groups is 4. The van der Waals surface area contributed by atoms with Crippen LogP contribution in [0.15, 0.2) is 0 Å². The molecule has 0 radical (unpaired) electrons. The van der Waals surface area contributed by atoms with Gasteiger partial charge in [0.15, 0.2) is 12.4 Å². The van der Waals surface area contributed by atoms with Crippen LogP contribution in [0.2, 0.25) is 0 Å². The molecule has 0 aliphatic rings. The summed E-state index contributed by atoms with van der Waals surface area (Å²) in [6.07, 6.45) is -8.39. The number of carbonyl (C=O) groups is 2. The fourth-order valence-electron chi connectivity index (χ4n) is 0.615. The van der Waals surface area contributed by atoms with Crippen molar-refractivity contribution >= 4 is 12.3 Å². The van der Waals surface area contributed by atoms with E-state index >= 15 is 0 Å². The second-order valence-corrected chi connectivity index (χ2v) is 2.39. The second kappa shape index (κ2) is 4.87. The molecule has 0 heterocycles. The van der Waals surface area contributed by atoms with E-state index in [0.29, 0.717) is 0 Å². The molecule has 7 heteroatoms. The number of aldehydes is 1. The zero-order chi connectivity index (χ0) is 10.6. The summed E-state index contributed by atoms with van der Waals surface area (Å²) in [6, 6.07) is 0. The lowest BCUT2D eigenvalue weighted by molar-refractivity contribution is -0.163. The first kappa shape index (κ1) is 12.0. The van der Waals surface area contributed by atoms with Crippen molar-refractivity contribution in [1.29, 1.82) is 0 Å². The minimum absolute atomic E-state index is 0.0809. The van der Waals surface area contributed by atoms with Crippen molar-refractivity contribution < 1.29 is 35.1 Å². The standard InChI is InChI=1S/C6H10O7/c7-1-2(8)3(9)4(10)5(11)6(12)13/h1-5,8-11H,(H,12,13)/t2-,3-,4+,5+/m0/s1. The van der Waals surface area contributed by atoms with Crippen LogP contribution in [0.1, 0.15) is 0 Å². The Morgan fingerprint density at radius 3 is 1.85 bits per heavy atom. The third kappa shape index (κ3) is 3.07. The number of hydrogen-bond acceptors (Lipinski definition) is 6. The predicted octanol–water partition coefficient (Wildman–Crippen LogP) is -3.29. The molecule has 0 aliphatic heterocycles. The van der Waals surface area contributed by atoms with E-state index in [-0.39, 0.29) is 6.29 Å². The van der Waals surface area contributed by atoms with E-state index in [9.17, 15) is 9.59 Å². The van der Waals surface area contributed by atoms with Gasteiger partial charge in [-0.2, -0.15) is 0 Å². The van der Waals surface area contributed by atoms with Gasteiger partial charge >= 0.3 is 5.97 Å². The molecule has 0 amide bonds. The highest BCUT2D eigenvalue weighted by atomic mass is 16.4. The van der Waals surface area contributed by atoms with E-state index in [1.165, 1.54) is 0 Å². The molecule has 4 atom stereocenters. The largest absolute Gasteiger partial charge is 0.479 e. The normalized spacial score (nSPS) is 20.0. The number of aliphatic carboxylic acids is 1. The van der Waals surface area contributed by atoms with E-state index in [2.05, 4.69) is 0 Å². The second-order valence-electron chi connectivity index (χ2n) is 2.39. The van der Waals surface area contributed by atoms with Crippen LogP contribution < -0.4 is 0 Å². The van der Waals surface area contributed by atoms with Gasteiger partial charge in [-0.15, -0.1) is 0 Å². The zero-order valence-electron chi connectivity index (χ0n) is 6.44. The number of rotatable bonds is 5. The molecule has 0 saturated heterocycles. The fourth-order valence-corrected chi connectivity index (χ4v) is 0.615. The Hall–Kier alpha value is -1.02. The molecule has 0 aromatic heterocycles. The summed E-state index contributed by atoms with van der Waals surface area (Å²) < 4.78 is 0. The Morgan fingerprint density at radius 2 is 1.54 bits per heavy atom. The molecule has 76 valence electrons. The van der Waals surface area contributed by atoms with E-state index in [4.69, 9.17) is 25.5 Å². The number of aliphatic hydroxyl groups excluding tert-OH is 4. The molecule has 0 rings (SSSR count). The Kier molecular flexibility index (Phi) is 4.49. The van der Waals surface area contributed by atoms with Crippen molar-refractivity contribution in [3.8, 4) is 0 Å². The third-order valence-corrected chi connectivity index (χ3v) is 1.42. The summed E-state index contributed by atoms with van der Waals surface area (Å²) in [5, 5.41) is 43.2. The molecular formula is C6H10O7. The van der Waals surface area contributed by atoms with Crippen LogP contribution in [0.3, 0.4) is 0 Å². The van der Waals surface area contributed by atoms with Crippen molar-refractivity contribution in [2.75, 3.05) is 0 Å². The van der Waals surface area contributed by atoms with E-state index in [1.54, 1.807) is 0 Å². The van der Waals surface area contributed by atoms with Crippen molar-refractivity contribution in [2.24, 2.45) is 0 Å². The SMILES string of the molecule is O=C[C@H](O)[C@H](O)[C@@H](O)[C@@H](O)C(=O)O. The van der Waals surface area contributed by atoms with E-state index in [1.807, 2.05) is 0 Å². The van der Waals surface area contributed by atoms with Gasteiger partial charge in [0, 0.05) is 0 Å². The van der Waals surface area contributed by atoms with Gasteiger partial charge in [-0.1, -0.05) is 0 Å². The molecular weight excluding hydrogens is 184 g/mol. The van der Waals surface area contributed by atoms with Gasteiger partial charge < -0.3 is 30.3 Å². The van der Waals surface area contributed by atoms with Gasteiger partial charge in [0.1, 0.15) is 18.3 Å². The van der Waals surface area contributed by atoms with Crippen molar-refractivity contribution in [3.63, 3.8) is 0 Å². The minimum atomic E-state index is -2.25. The van der Waals surface area contributed by atoms with Gasteiger partial charge in [-0.25, -0.2) is 4.79 Å². The maximum absolute atomic E-state index is 10.1. The third-order valence-electron chi connectivity index (χ3n) is 1.42. The molecule has 0 aromatic carbocycles. The zero-order valence-corrected chi connectivity index (χ0v) is 6.44. The van der Waals surface area contributed by atoms with Gasteiger partial charge in [-0.3, -0.25) is 0 Å². The number of carboxylic acids is 1. The summed E-state index contributed by atoms with van der Waals surface area (Å²) in [5.41, 5.74) is 0. The first-order valence-corrected chi connectivity index (χ1v) is 3.32. The highest BCUT2D eigenvalue weighted by Crippen LogP contribution is 2.03. The highest BCUT2D eigenvalue weighted by Gasteiger charge is 2.33. The Labute approximate surface area is 72.9 Å². The number of hydrogen-bond donors (Lipinski definition) is 5. The molecule has 0 unspecified atom stereocenters. The van der Waals surface area contributed by atoms with Gasteiger partial charge in [-0.05, 0) is 0 Å². The molecule has 5 N–H and O–H groups in total. The molecule has 0 aromatic rings. The average molecular weight is 194 g/mol. The lowest BCUT2D eigenvalue weighted by Crippen LogP contribution is -2.48. The van der Waals surface area contributed by atoms with Crippen molar-refractivity contribution in [2.45, 2.75) is 24.4 Å². The molecule has 0 fully saturated rings. The average Bonchev–Trinajstić information content (AvgIpc) is 2.12. The van der Waals surface area contributed by atoms with Crippen LogP contribution in [0.25, 0.3) is 0 Å². The quantitative estimate of drug-likeness (QED) is 0.289. The van der Waals surface area contributed by atoms with E-state index < -0.39 is 30.4 Å². The van der Waals surface area contributed by atoms with Gasteiger partial charge in [0.25, 0.3) is 0 Å². The Balaban J connectivity index is 4.32. The van der Waals surface area contributed by atoms with Gasteiger partial charge in [0.2, 0.25) is 0 Å². The molecule has 7 nitrogen and oxygen atoms in total. The van der Waals surface area contributed by atoms with Crippen LogP contribution >= 0.6 is 0 Å². The van der Waals surface area contributed by atoms with Crippen LogP contribution in [0, 0.1) is 0 Å². The molecule has 0 spiro atoms. The van der Waals surface area contributed by atoms with Crippen molar-refractivity contribution in [1.82, 2.24) is 0 Å². The summed E-state index contributed by atoms with van der Waals surface area (Å²) in [4.78, 5) is 20.0. The number of carboxylic acid groups (broad SMARTS) is 1. The Morgan fingerprint density at radius 1 is 1.08 bits per heavy atom. The smallest absolute Gasteiger partial charge is 0.335 e. The summed E-state index contributed by atoms with van der Waals surface area (Å²) in [5.74, 6) is -1.76. The molecule has 0 bridgehead atoms. The summed E-state index contributed by atoms with van der Waals surface area (Å²) in [6.45, 7) is 0. The lowest BCUT2D eigenvalue weighted by Gasteiger charge is -2.21. The number of carbonyl (C=O) groups excluding carboxylic acids is 1. The summed E-state index contributed by atoms with van der Waals surface area (Å²) in [7, 11) is 0. The van der Waals surface area contributed by atoms with Crippen LogP contribution in [0.4, 0.5) is 0 Å². The predicted molar refractivity (Wildman–Crippen MR) is 37.7 cm³/mol. The Bertz CT molecular complexity index is 191. The maximum atomic E-state index is 10.1. The first-order valence-electron chi connectivity index (χ1n) is 3.32. The minimum Gasteiger partial charge on any atom is -0.479 e. The fraction of sp³-hybridized carbons (Fsp3) is 0.667. The molecule has 0 saturated carbocycles. The lowest BCUT2D eigenvalue weighted by atomic mass is 10.0. The summed E-state index contributed by atoms with van der Waals surface area (Å²) >= 11 is 0. The van der Waals surface area contributed by atoms with Crippen LogP contribution in [0.5, 0.6) is 0 Å².